The van der Waals surface area contributed by atoms with Crippen molar-refractivity contribution in [1.29, 1.82) is 0 Å². The lowest BCUT2D eigenvalue weighted by Gasteiger charge is -2.06. The van der Waals surface area contributed by atoms with E-state index in [1.54, 1.807) is 13.0 Å². The third kappa shape index (κ3) is 1.70. The van der Waals surface area contributed by atoms with Crippen LogP contribution in [0.5, 0.6) is 5.75 Å². The van der Waals surface area contributed by atoms with Gasteiger partial charge in [-0.15, -0.1) is 0 Å². The Hall–Kier alpha value is -1.48. The molecule has 0 aliphatic rings. The Kier molecular flexibility index (Phi) is 2.40. The number of rotatable bonds is 2. The molecule has 2 aromatic rings. The lowest BCUT2D eigenvalue weighted by atomic mass is 10.2. The van der Waals surface area contributed by atoms with Gasteiger partial charge in [-0.05, 0) is 19.1 Å². The number of nitrogens with zero attached hydrogens (tertiary/aromatic N) is 1. The van der Waals surface area contributed by atoms with Gasteiger partial charge in [0.25, 0.3) is 0 Å². The minimum Gasteiger partial charge on any atom is -0.506 e. The van der Waals surface area contributed by atoms with Crippen LogP contribution < -0.4 is 0 Å². The molecule has 1 unspecified atom stereocenters. The number of para-hydroxylation sites is 1. The Morgan fingerprint density at radius 1 is 1.40 bits per heavy atom. The zero-order valence-electron chi connectivity index (χ0n) is 8.94. The van der Waals surface area contributed by atoms with Crippen LogP contribution in [0.3, 0.4) is 0 Å². The minimum absolute atomic E-state index is 0.284. The molecule has 1 atom stereocenters. The van der Waals surface area contributed by atoms with Gasteiger partial charge in [-0.1, -0.05) is 12.1 Å². The van der Waals surface area contributed by atoms with Gasteiger partial charge in [0, 0.05) is 24.5 Å². The van der Waals surface area contributed by atoms with Crippen LogP contribution in [0.15, 0.2) is 24.3 Å². The molecule has 0 saturated carbocycles. The van der Waals surface area contributed by atoms with Crippen molar-refractivity contribution in [3.8, 4) is 5.75 Å². The van der Waals surface area contributed by atoms with Gasteiger partial charge in [-0.2, -0.15) is 0 Å². The van der Waals surface area contributed by atoms with Gasteiger partial charge in [0.2, 0.25) is 0 Å². The van der Waals surface area contributed by atoms with Gasteiger partial charge < -0.3 is 14.8 Å². The Labute approximate surface area is 88.6 Å². The second-order valence-corrected chi connectivity index (χ2v) is 3.96. The largest absolute Gasteiger partial charge is 0.506 e. The molecule has 0 radical (unpaired) electrons. The zero-order valence-corrected chi connectivity index (χ0v) is 8.94. The monoisotopic (exact) mass is 205 g/mol. The molecule has 3 heteroatoms. The molecule has 2 rings (SSSR count). The maximum atomic E-state index is 9.72. The van der Waals surface area contributed by atoms with E-state index in [9.17, 15) is 10.2 Å². The third-order valence-electron chi connectivity index (χ3n) is 2.64. The van der Waals surface area contributed by atoms with E-state index < -0.39 is 0 Å². The maximum absolute atomic E-state index is 9.72. The maximum Gasteiger partial charge on any atom is 0.139 e. The molecule has 0 bridgehead atoms. The van der Waals surface area contributed by atoms with Crippen molar-refractivity contribution < 1.29 is 10.2 Å². The summed E-state index contributed by atoms with van der Waals surface area (Å²) >= 11 is 0. The predicted octanol–water partition coefficient (Wildman–Crippen LogP) is 1.81. The first-order valence-electron chi connectivity index (χ1n) is 5.04. The number of hydrogen-bond donors (Lipinski definition) is 2. The number of aryl methyl sites for hydroxylation is 1. The second-order valence-electron chi connectivity index (χ2n) is 3.96. The van der Waals surface area contributed by atoms with Crippen molar-refractivity contribution >= 4 is 10.9 Å². The number of aromatic hydroxyl groups is 1. The smallest absolute Gasteiger partial charge is 0.139 e. The van der Waals surface area contributed by atoms with Crippen molar-refractivity contribution in [2.75, 3.05) is 0 Å². The zero-order chi connectivity index (χ0) is 11.0. The summed E-state index contributed by atoms with van der Waals surface area (Å²) < 4.78 is 1.93. The molecule has 0 amide bonds. The molecule has 80 valence electrons. The highest BCUT2D eigenvalue weighted by Gasteiger charge is 2.10. The number of aromatic nitrogens is 1. The van der Waals surface area contributed by atoms with Crippen LogP contribution in [-0.4, -0.2) is 20.9 Å². The van der Waals surface area contributed by atoms with Crippen LogP contribution in [0.25, 0.3) is 10.9 Å². The van der Waals surface area contributed by atoms with Crippen LogP contribution in [-0.2, 0) is 13.5 Å². The molecule has 0 fully saturated rings. The fourth-order valence-corrected chi connectivity index (χ4v) is 1.95. The topological polar surface area (TPSA) is 45.4 Å². The number of hydrogen-bond acceptors (Lipinski definition) is 2. The van der Waals surface area contributed by atoms with Gasteiger partial charge in [-0.25, -0.2) is 0 Å². The Morgan fingerprint density at radius 3 is 2.73 bits per heavy atom. The van der Waals surface area contributed by atoms with Crippen LogP contribution >= 0.6 is 0 Å². The summed E-state index contributed by atoms with van der Waals surface area (Å²) in [6.45, 7) is 1.76. The molecule has 1 aromatic heterocycles. The molecule has 0 aliphatic heterocycles. The fourth-order valence-electron chi connectivity index (χ4n) is 1.95. The first-order valence-corrected chi connectivity index (χ1v) is 5.04. The molecule has 3 nitrogen and oxygen atoms in total. The normalized spacial score (nSPS) is 13.3. The molecule has 15 heavy (non-hydrogen) atoms. The van der Waals surface area contributed by atoms with Crippen molar-refractivity contribution in [2.45, 2.75) is 19.4 Å². The van der Waals surface area contributed by atoms with Gasteiger partial charge >= 0.3 is 0 Å². The van der Waals surface area contributed by atoms with Crippen LogP contribution in [0.4, 0.5) is 0 Å². The highest BCUT2D eigenvalue weighted by atomic mass is 16.3. The Balaban J connectivity index is 2.59. The first kappa shape index (κ1) is 10.1. The quantitative estimate of drug-likeness (QED) is 0.785. The number of aliphatic hydroxyl groups is 1. The summed E-state index contributed by atoms with van der Waals surface area (Å²) in [4.78, 5) is 0. The van der Waals surface area contributed by atoms with Crippen LogP contribution in [0, 0.1) is 0 Å². The summed E-state index contributed by atoms with van der Waals surface area (Å²) in [5, 5.41) is 20.1. The molecule has 1 heterocycles. The van der Waals surface area contributed by atoms with E-state index >= 15 is 0 Å². The van der Waals surface area contributed by atoms with Crippen molar-refractivity contribution in [3.05, 3.63) is 30.0 Å². The molecular formula is C12H15NO2. The standard InChI is InChI=1S/C12H15NO2/c1-8(14)6-10-7-9-4-3-5-11(15)12(9)13(10)2/h3-5,7-8,14-15H,6H2,1-2H3. The molecule has 1 aromatic carbocycles. The molecule has 0 spiro atoms. The Morgan fingerprint density at radius 2 is 2.13 bits per heavy atom. The van der Waals surface area contributed by atoms with E-state index in [4.69, 9.17) is 0 Å². The lowest BCUT2D eigenvalue weighted by molar-refractivity contribution is 0.193. The van der Waals surface area contributed by atoms with E-state index in [-0.39, 0.29) is 11.9 Å². The predicted molar refractivity (Wildman–Crippen MR) is 60.0 cm³/mol. The average Bonchev–Trinajstić information content (AvgIpc) is 2.44. The number of fused-ring (bicyclic) bond motifs is 1. The van der Waals surface area contributed by atoms with Crippen molar-refractivity contribution in [1.82, 2.24) is 4.57 Å². The first-order chi connectivity index (χ1) is 7.09. The fraction of sp³-hybridized carbons (Fsp3) is 0.333. The molecular weight excluding hydrogens is 190 g/mol. The van der Waals surface area contributed by atoms with Gasteiger partial charge in [0.1, 0.15) is 5.75 Å². The third-order valence-corrected chi connectivity index (χ3v) is 2.64. The van der Waals surface area contributed by atoms with E-state index in [0.29, 0.717) is 6.42 Å². The summed E-state index contributed by atoms with van der Waals surface area (Å²) in [6, 6.07) is 7.46. The number of phenols is 1. The average molecular weight is 205 g/mol. The SMILES string of the molecule is CC(O)Cc1cc2cccc(O)c2n1C. The van der Waals surface area contributed by atoms with E-state index in [1.165, 1.54) is 0 Å². The molecule has 2 N–H and O–H groups in total. The lowest BCUT2D eigenvalue weighted by Crippen LogP contribution is -2.07. The van der Waals surface area contributed by atoms with E-state index in [0.717, 1.165) is 16.6 Å². The molecule has 0 aliphatic carbocycles. The van der Waals surface area contributed by atoms with Gasteiger partial charge in [-0.3, -0.25) is 0 Å². The van der Waals surface area contributed by atoms with E-state index in [1.807, 2.05) is 29.8 Å². The van der Waals surface area contributed by atoms with Gasteiger partial charge in [0.05, 0.1) is 11.6 Å². The number of aliphatic hydroxyl groups excluding tert-OH is 1. The van der Waals surface area contributed by atoms with Crippen molar-refractivity contribution in [3.63, 3.8) is 0 Å². The second kappa shape index (κ2) is 3.59. The minimum atomic E-state index is -0.366. The van der Waals surface area contributed by atoms with Gasteiger partial charge in [0.15, 0.2) is 0 Å². The summed E-state index contributed by atoms with van der Waals surface area (Å²) in [6.07, 6.45) is 0.236. The highest BCUT2D eigenvalue weighted by molar-refractivity contribution is 5.86. The number of phenolic OH excluding ortho intramolecular Hbond substituents is 1. The number of benzene rings is 1. The highest BCUT2D eigenvalue weighted by Crippen LogP contribution is 2.27. The Bertz CT molecular complexity index is 486. The van der Waals surface area contributed by atoms with Crippen LogP contribution in [0.2, 0.25) is 0 Å². The molecule has 0 saturated heterocycles. The summed E-state index contributed by atoms with van der Waals surface area (Å²) in [5.74, 6) is 0.284. The van der Waals surface area contributed by atoms with Crippen molar-refractivity contribution in [2.24, 2.45) is 7.05 Å². The summed E-state index contributed by atoms with van der Waals surface area (Å²) in [5.41, 5.74) is 1.86. The van der Waals surface area contributed by atoms with Crippen LogP contribution in [0.1, 0.15) is 12.6 Å². The summed E-state index contributed by atoms with van der Waals surface area (Å²) in [7, 11) is 1.90. The van der Waals surface area contributed by atoms with E-state index in [2.05, 4.69) is 0 Å².